The van der Waals surface area contributed by atoms with E-state index in [1.54, 1.807) is 36.3 Å². The molecule has 8 heteroatoms. The molecule has 1 unspecified atom stereocenters. The molecule has 0 aliphatic carbocycles. The zero-order valence-corrected chi connectivity index (χ0v) is 17.8. The highest BCUT2D eigenvalue weighted by atomic mass is 32.2. The number of nitrogens with one attached hydrogen (secondary N) is 2. The Morgan fingerprint density at radius 1 is 1.00 bits per heavy atom. The van der Waals surface area contributed by atoms with Gasteiger partial charge in [0.15, 0.2) is 0 Å². The molecule has 158 valence electrons. The number of amides is 2. The van der Waals surface area contributed by atoms with E-state index >= 15 is 0 Å². The molecule has 1 aliphatic heterocycles. The molecule has 2 aromatic rings. The Morgan fingerprint density at radius 3 is 2.17 bits per heavy atom. The molecule has 0 saturated carbocycles. The fourth-order valence-electron chi connectivity index (χ4n) is 3.19. The van der Waals surface area contributed by atoms with Gasteiger partial charge in [0.1, 0.15) is 16.7 Å². The molecule has 0 bridgehead atoms. The maximum atomic E-state index is 12.5. The molecule has 1 atom stereocenters. The van der Waals surface area contributed by atoms with Crippen molar-refractivity contribution in [1.29, 1.82) is 0 Å². The van der Waals surface area contributed by atoms with Crippen molar-refractivity contribution in [3.63, 3.8) is 0 Å². The highest BCUT2D eigenvalue weighted by molar-refractivity contribution is 7.85. The topological polar surface area (TPSA) is 87.7 Å². The summed E-state index contributed by atoms with van der Waals surface area (Å²) < 4.78 is 19.1. The number of rotatable bonds is 5. The molecule has 30 heavy (non-hydrogen) atoms. The lowest BCUT2D eigenvalue weighted by molar-refractivity contribution is -0.143. The Balaban J connectivity index is 1.52. The quantitative estimate of drug-likeness (QED) is 0.718. The van der Waals surface area contributed by atoms with Gasteiger partial charge >= 0.3 is 11.8 Å². The second kappa shape index (κ2) is 10.1. The predicted molar refractivity (Wildman–Crippen MR) is 120 cm³/mol. The van der Waals surface area contributed by atoms with Crippen molar-refractivity contribution in [2.24, 2.45) is 0 Å². The number of piperidine rings is 1. The molecule has 0 aromatic heterocycles. The van der Waals surface area contributed by atoms with Gasteiger partial charge in [0.2, 0.25) is 0 Å². The molecular formula is C22H25N3O4S. The van der Waals surface area contributed by atoms with Crippen LogP contribution in [0.4, 0.5) is 11.4 Å². The van der Waals surface area contributed by atoms with Gasteiger partial charge < -0.3 is 19.7 Å². The number of anilines is 2. The molecular weight excluding hydrogens is 402 g/mol. The van der Waals surface area contributed by atoms with Gasteiger partial charge in [-0.1, -0.05) is 23.8 Å². The van der Waals surface area contributed by atoms with Crippen LogP contribution in [-0.4, -0.2) is 47.4 Å². The molecule has 1 aliphatic rings. The van der Waals surface area contributed by atoms with Gasteiger partial charge in [-0.15, -0.1) is 0 Å². The maximum Gasteiger partial charge on any atom is 0.313 e. The number of hydrogen-bond acceptors (Lipinski definition) is 4. The van der Waals surface area contributed by atoms with Crippen LogP contribution in [0.25, 0.3) is 6.08 Å². The number of methoxy groups -OCH3 is 1. The van der Waals surface area contributed by atoms with E-state index in [-0.39, 0.29) is 0 Å². The Bertz CT molecular complexity index is 945. The van der Waals surface area contributed by atoms with Crippen molar-refractivity contribution in [1.82, 2.24) is 4.90 Å². The van der Waals surface area contributed by atoms with Crippen LogP contribution in [0.5, 0.6) is 5.75 Å². The Labute approximate surface area is 178 Å². The first-order chi connectivity index (χ1) is 14.4. The summed E-state index contributed by atoms with van der Waals surface area (Å²) in [5.74, 6) is -0.373. The third kappa shape index (κ3) is 5.93. The third-order valence-corrected chi connectivity index (χ3v) is 5.30. The summed E-state index contributed by atoms with van der Waals surface area (Å²) in [4.78, 5) is 26.4. The first-order valence-electron chi connectivity index (χ1n) is 9.58. The summed E-state index contributed by atoms with van der Waals surface area (Å²) in [6.07, 6.45) is 5.13. The average Bonchev–Trinajstić information content (AvgIpc) is 2.75. The second-order valence-electron chi connectivity index (χ2n) is 6.96. The van der Waals surface area contributed by atoms with E-state index in [0.29, 0.717) is 24.5 Å². The van der Waals surface area contributed by atoms with E-state index in [1.807, 2.05) is 24.3 Å². The van der Waals surface area contributed by atoms with Crippen molar-refractivity contribution in [2.45, 2.75) is 12.8 Å². The van der Waals surface area contributed by atoms with Crippen LogP contribution in [-0.2, 0) is 20.6 Å². The monoisotopic (exact) mass is 427 g/mol. The lowest BCUT2D eigenvalue weighted by atomic mass is 10.0. The first-order valence-corrected chi connectivity index (χ1v) is 11.1. The molecule has 1 fully saturated rings. The number of benzene rings is 2. The van der Waals surface area contributed by atoms with Crippen LogP contribution < -0.4 is 14.8 Å². The van der Waals surface area contributed by atoms with E-state index in [4.69, 9.17) is 4.74 Å². The summed E-state index contributed by atoms with van der Waals surface area (Å²) in [5, 5.41) is 2.62. The SMILES string of the molecule is COc1ccc(C=C2CCN(C(=O)C(=O)Nc3ccc(NS(C)=O)cc3)CC2)cc1. The summed E-state index contributed by atoms with van der Waals surface area (Å²) >= 11 is 0. The zero-order valence-electron chi connectivity index (χ0n) is 17.0. The van der Waals surface area contributed by atoms with Crippen LogP contribution in [0.2, 0.25) is 0 Å². The maximum absolute atomic E-state index is 12.5. The summed E-state index contributed by atoms with van der Waals surface area (Å²) in [5.41, 5.74) is 3.53. The number of carbonyl (C=O) groups excluding carboxylic acids is 2. The van der Waals surface area contributed by atoms with Crippen molar-refractivity contribution < 1.29 is 18.5 Å². The van der Waals surface area contributed by atoms with E-state index in [1.165, 1.54) is 11.8 Å². The van der Waals surface area contributed by atoms with Crippen LogP contribution in [0.1, 0.15) is 18.4 Å². The average molecular weight is 428 g/mol. The van der Waals surface area contributed by atoms with Gasteiger partial charge in [-0.05, 0) is 54.8 Å². The smallest absolute Gasteiger partial charge is 0.313 e. The second-order valence-corrected chi connectivity index (χ2v) is 8.07. The number of likely N-dealkylation sites (tertiary alicyclic amines) is 1. The lowest BCUT2D eigenvalue weighted by Gasteiger charge is -2.28. The Hall–Kier alpha value is -3.13. The van der Waals surface area contributed by atoms with Crippen molar-refractivity contribution in [3.8, 4) is 5.75 Å². The van der Waals surface area contributed by atoms with Crippen LogP contribution in [0.15, 0.2) is 54.1 Å². The fourth-order valence-corrected chi connectivity index (χ4v) is 3.66. The van der Waals surface area contributed by atoms with E-state index in [9.17, 15) is 13.8 Å². The zero-order chi connectivity index (χ0) is 21.5. The number of hydrogen-bond donors (Lipinski definition) is 2. The molecule has 2 N–H and O–H groups in total. The Morgan fingerprint density at radius 2 is 1.60 bits per heavy atom. The molecule has 2 amide bonds. The van der Waals surface area contributed by atoms with Gasteiger partial charge in [-0.2, -0.15) is 0 Å². The normalized spacial score (nSPS) is 14.6. The van der Waals surface area contributed by atoms with Crippen LogP contribution in [0, 0.1) is 0 Å². The van der Waals surface area contributed by atoms with Crippen molar-refractivity contribution >= 4 is 40.3 Å². The van der Waals surface area contributed by atoms with Crippen LogP contribution in [0.3, 0.4) is 0 Å². The number of nitrogens with zero attached hydrogens (tertiary/aromatic N) is 1. The lowest BCUT2D eigenvalue weighted by Crippen LogP contribution is -2.42. The Kier molecular flexibility index (Phi) is 7.24. The summed E-state index contributed by atoms with van der Waals surface area (Å²) in [7, 11) is 0.466. The molecule has 1 saturated heterocycles. The largest absolute Gasteiger partial charge is 0.497 e. The highest BCUT2D eigenvalue weighted by Crippen LogP contribution is 2.21. The predicted octanol–water partition coefficient (Wildman–Crippen LogP) is 3.05. The minimum absolute atomic E-state index is 0.512. The summed E-state index contributed by atoms with van der Waals surface area (Å²) in [6, 6.07) is 14.5. The third-order valence-electron chi connectivity index (χ3n) is 4.78. The molecule has 7 nitrogen and oxygen atoms in total. The van der Waals surface area contributed by atoms with E-state index in [2.05, 4.69) is 16.1 Å². The highest BCUT2D eigenvalue weighted by Gasteiger charge is 2.24. The molecule has 2 aromatic carbocycles. The molecule has 3 rings (SSSR count). The minimum Gasteiger partial charge on any atom is -0.497 e. The van der Waals surface area contributed by atoms with Crippen molar-refractivity contribution in [2.75, 3.05) is 36.5 Å². The van der Waals surface area contributed by atoms with Gasteiger partial charge in [0.05, 0.1) is 7.11 Å². The summed E-state index contributed by atoms with van der Waals surface area (Å²) in [6.45, 7) is 1.03. The molecule has 1 heterocycles. The van der Waals surface area contributed by atoms with Gasteiger partial charge in [-0.3, -0.25) is 9.59 Å². The standard InChI is InChI=1S/C22H25N3O4S/c1-29-20-9-3-16(4-10-20)15-17-11-13-25(14-12-17)22(27)21(26)23-18-5-7-19(8-6-18)24-30(2)28/h3-10,15,24H,11-14H2,1-2H3,(H,23,26). The van der Waals surface area contributed by atoms with Crippen LogP contribution >= 0.6 is 0 Å². The van der Waals surface area contributed by atoms with Gasteiger partial charge in [0.25, 0.3) is 0 Å². The number of carbonyl (C=O) groups is 2. The minimum atomic E-state index is -1.17. The molecule has 0 spiro atoms. The number of ether oxygens (including phenoxy) is 1. The van der Waals surface area contributed by atoms with E-state index < -0.39 is 22.8 Å². The fraction of sp³-hybridized carbons (Fsp3) is 0.273. The molecule has 0 radical (unpaired) electrons. The van der Waals surface area contributed by atoms with Gasteiger partial charge in [0, 0.05) is 30.7 Å². The van der Waals surface area contributed by atoms with Crippen molar-refractivity contribution in [3.05, 3.63) is 59.7 Å². The first kappa shape index (κ1) is 21.6. The van der Waals surface area contributed by atoms with E-state index in [0.717, 1.165) is 24.2 Å². The van der Waals surface area contributed by atoms with Gasteiger partial charge in [-0.25, -0.2) is 4.21 Å².